The molecule has 0 saturated heterocycles. The summed E-state index contributed by atoms with van der Waals surface area (Å²) in [6.45, 7) is 6.34. The van der Waals surface area contributed by atoms with E-state index in [9.17, 15) is 19.8 Å². The number of amides is 1. The Kier molecular flexibility index (Phi) is 53.6. The second kappa shape index (κ2) is 56.0. The van der Waals surface area contributed by atoms with Crippen molar-refractivity contribution in [3.05, 3.63) is 85.1 Å². The van der Waals surface area contributed by atoms with Crippen molar-refractivity contribution in [3.63, 3.8) is 0 Å². The van der Waals surface area contributed by atoms with Crippen molar-refractivity contribution in [1.82, 2.24) is 5.32 Å². The first-order valence-corrected chi connectivity index (χ1v) is 29.3. The minimum atomic E-state index is -0.809. The van der Waals surface area contributed by atoms with Gasteiger partial charge in [-0.05, 0) is 96.3 Å². The van der Waals surface area contributed by atoms with Crippen molar-refractivity contribution in [2.24, 2.45) is 0 Å². The molecule has 6 heteroatoms. The molecule has 3 N–H and O–H groups in total. The first-order valence-electron chi connectivity index (χ1n) is 29.3. The van der Waals surface area contributed by atoms with Gasteiger partial charge >= 0.3 is 5.97 Å². The summed E-state index contributed by atoms with van der Waals surface area (Å²) in [7, 11) is 0. The summed E-state index contributed by atoms with van der Waals surface area (Å²) in [5.41, 5.74) is 0. The molecule has 0 aliphatic rings. The summed E-state index contributed by atoms with van der Waals surface area (Å²) in [6, 6.07) is -0.727. The number of ether oxygens (including phenoxy) is 1. The third-order valence-electron chi connectivity index (χ3n) is 13.0. The quantitative estimate of drug-likeness (QED) is 0.0321. The van der Waals surface area contributed by atoms with Crippen LogP contribution in [0.2, 0.25) is 0 Å². The number of rotatable bonds is 52. The third kappa shape index (κ3) is 51.2. The van der Waals surface area contributed by atoms with Gasteiger partial charge in [0.25, 0.3) is 0 Å². The second-order valence-corrected chi connectivity index (χ2v) is 19.7. The molecule has 0 fully saturated rings. The summed E-state index contributed by atoms with van der Waals surface area (Å²) in [6.07, 6.45) is 73.7. The molecule has 6 nitrogen and oxygen atoms in total. The molecular formula is C63H111NO5. The van der Waals surface area contributed by atoms with E-state index in [4.69, 9.17) is 4.74 Å². The Morgan fingerprint density at radius 3 is 1.25 bits per heavy atom. The van der Waals surface area contributed by atoms with Crippen molar-refractivity contribution in [2.75, 3.05) is 6.61 Å². The van der Waals surface area contributed by atoms with Crippen LogP contribution in [-0.4, -0.2) is 46.9 Å². The van der Waals surface area contributed by atoms with E-state index in [2.05, 4.69) is 111 Å². The van der Waals surface area contributed by atoms with E-state index in [1.165, 1.54) is 135 Å². The van der Waals surface area contributed by atoms with Crippen molar-refractivity contribution < 1.29 is 24.5 Å². The molecule has 0 saturated carbocycles. The maximum Gasteiger partial charge on any atom is 0.306 e. The van der Waals surface area contributed by atoms with Crippen molar-refractivity contribution >= 4 is 11.9 Å². The zero-order valence-electron chi connectivity index (χ0n) is 45.4. The number of nitrogens with one attached hydrogen (secondary N) is 1. The maximum atomic E-state index is 13.3. The Labute approximate surface area is 427 Å². The molecule has 69 heavy (non-hydrogen) atoms. The molecule has 0 aromatic heterocycles. The summed E-state index contributed by atoms with van der Waals surface area (Å²) in [4.78, 5) is 26.3. The molecule has 0 aliphatic heterocycles. The number of carbonyl (C=O) groups excluding carboxylic acids is 2. The van der Waals surface area contributed by atoms with E-state index >= 15 is 0 Å². The van der Waals surface area contributed by atoms with E-state index < -0.39 is 18.2 Å². The lowest BCUT2D eigenvalue weighted by atomic mass is 10.0. The molecule has 0 heterocycles. The van der Waals surface area contributed by atoms with Gasteiger partial charge in [-0.15, -0.1) is 0 Å². The van der Waals surface area contributed by atoms with Gasteiger partial charge in [0.2, 0.25) is 5.91 Å². The largest absolute Gasteiger partial charge is 0.462 e. The van der Waals surface area contributed by atoms with E-state index in [1.54, 1.807) is 0 Å². The first-order chi connectivity index (χ1) is 34.0. The minimum absolute atomic E-state index is 0.0313. The molecule has 0 aromatic rings. The fourth-order valence-corrected chi connectivity index (χ4v) is 8.55. The highest BCUT2D eigenvalue weighted by atomic mass is 16.5. The van der Waals surface area contributed by atoms with E-state index in [-0.39, 0.29) is 24.9 Å². The fourth-order valence-electron chi connectivity index (χ4n) is 8.55. The van der Waals surface area contributed by atoms with Crippen LogP contribution in [0.3, 0.4) is 0 Å². The zero-order valence-corrected chi connectivity index (χ0v) is 45.4. The lowest BCUT2D eigenvalue weighted by Crippen LogP contribution is -2.46. The molecule has 0 aromatic carbocycles. The highest BCUT2D eigenvalue weighted by molar-refractivity contribution is 5.77. The smallest absolute Gasteiger partial charge is 0.306 e. The number of aliphatic hydroxyl groups is 2. The molecule has 1 amide bonds. The Hall–Kier alpha value is -2.96. The predicted octanol–water partition coefficient (Wildman–Crippen LogP) is 18.3. The van der Waals surface area contributed by atoms with Crippen LogP contribution in [0.15, 0.2) is 85.1 Å². The number of unbranched alkanes of at least 4 members (excludes halogenated alkanes) is 26. The highest BCUT2D eigenvalue weighted by Crippen LogP contribution is 2.17. The number of hydrogen-bond donors (Lipinski definition) is 3. The number of carbonyl (C=O) groups is 2. The topological polar surface area (TPSA) is 95.9 Å². The van der Waals surface area contributed by atoms with Gasteiger partial charge in [0.1, 0.15) is 6.10 Å². The summed E-state index contributed by atoms with van der Waals surface area (Å²) in [5, 5.41) is 23.9. The van der Waals surface area contributed by atoms with Gasteiger partial charge in [-0.25, -0.2) is 0 Å². The third-order valence-corrected chi connectivity index (χ3v) is 13.0. The van der Waals surface area contributed by atoms with Crippen molar-refractivity contribution in [1.29, 1.82) is 0 Å². The lowest BCUT2D eigenvalue weighted by molar-refractivity contribution is -0.151. The van der Waals surface area contributed by atoms with Crippen LogP contribution in [0.4, 0.5) is 0 Å². The summed E-state index contributed by atoms with van der Waals surface area (Å²) in [5.74, 6) is -0.541. The Bertz CT molecular complexity index is 1310. The van der Waals surface area contributed by atoms with Crippen LogP contribution in [0, 0.1) is 0 Å². The lowest BCUT2D eigenvalue weighted by Gasteiger charge is -2.24. The number of hydrogen-bond acceptors (Lipinski definition) is 5. The molecule has 0 spiro atoms. The average Bonchev–Trinajstić information content (AvgIpc) is 3.34. The molecular weight excluding hydrogens is 851 g/mol. The average molecular weight is 963 g/mol. The monoisotopic (exact) mass is 962 g/mol. The first kappa shape index (κ1) is 66.0. The Morgan fingerprint density at radius 2 is 0.797 bits per heavy atom. The fraction of sp³-hybridized carbons (Fsp3) is 0.746. The standard InChI is InChI=1S/C63H111NO5/c1-4-7-10-13-16-19-22-25-28-30-31-33-35-38-41-44-47-50-53-56-63(68)69-59(54-51-48-45-42-39-36-27-24-21-18-15-12-9-6-3)57-62(67)64-60(58-65)61(66)55-52-49-46-43-40-37-34-32-29-26-23-20-17-14-11-8-5-2/h9,12,16,18-19,21,25,27-28,31,33,36,42,45,59-61,65-66H,4-8,10-11,13-15,17,20,22-24,26,29-30,32,34-35,37-41,43-44,46-58H2,1-3H3,(H,64,67)/b12-9+,19-16-,21-18+,28-25-,33-31-,36-27+,45-42+. The number of allylic oxidation sites excluding steroid dienone is 14. The second-order valence-electron chi connectivity index (χ2n) is 19.7. The van der Waals surface area contributed by atoms with E-state index in [0.29, 0.717) is 19.3 Å². The van der Waals surface area contributed by atoms with Gasteiger partial charge < -0.3 is 20.3 Å². The zero-order chi connectivity index (χ0) is 50.2. The van der Waals surface area contributed by atoms with Crippen LogP contribution < -0.4 is 5.32 Å². The van der Waals surface area contributed by atoms with E-state index in [1.807, 2.05) is 0 Å². The Balaban J connectivity index is 4.61. The van der Waals surface area contributed by atoms with Crippen LogP contribution in [-0.2, 0) is 14.3 Å². The molecule has 3 atom stereocenters. The molecule has 0 bridgehead atoms. The SMILES string of the molecule is CC/C=C/C/C=C/C/C=C/C/C=C/CCCC(CC(=O)NC(CO)C(O)CCCCCCCCCCCCCCCCCCC)OC(=O)CCCCCCCC/C=C\C/C=C\C/C=C\CCCCC. The van der Waals surface area contributed by atoms with Crippen LogP contribution >= 0.6 is 0 Å². The van der Waals surface area contributed by atoms with Gasteiger partial charge in [0.15, 0.2) is 0 Å². The van der Waals surface area contributed by atoms with E-state index in [0.717, 1.165) is 96.3 Å². The minimum Gasteiger partial charge on any atom is -0.462 e. The summed E-state index contributed by atoms with van der Waals surface area (Å²) >= 11 is 0. The predicted molar refractivity (Wildman–Crippen MR) is 301 cm³/mol. The molecule has 0 aliphatic carbocycles. The van der Waals surface area contributed by atoms with Gasteiger partial charge in [-0.1, -0.05) is 254 Å². The molecule has 0 radical (unpaired) electrons. The van der Waals surface area contributed by atoms with Crippen LogP contribution in [0.5, 0.6) is 0 Å². The molecule has 3 unspecified atom stereocenters. The van der Waals surface area contributed by atoms with Crippen molar-refractivity contribution in [3.8, 4) is 0 Å². The normalized spacial score (nSPS) is 13.8. The summed E-state index contributed by atoms with van der Waals surface area (Å²) < 4.78 is 5.93. The maximum absolute atomic E-state index is 13.3. The molecule has 398 valence electrons. The molecule has 0 rings (SSSR count). The van der Waals surface area contributed by atoms with Crippen molar-refractivity contribution in [2.45, 2.75) is 296 Å². The van der Waals surface area contributed by atoms with Gasteiger partial charge in [-0.2, -0.15) is 0 Å². The van der Waals surface area contributed by atoms with Gasteiger partial charge in [-0.3, -0.25) is 9.59 Å². The van der Waals surface area contributed by atoms with Crippen LogP contribution in [0.25, 0.3) is 0 Å². The van der Waals surface area contributed by atoms with Gasteiger partial charge in [0, 0.05) is 6.42 Å². The van der Waals surface area contributed by atoms with Crippen LogP contribution in [0.1, 0.15) is 278 Å². The Morgan fingerprint density at radius 1 is 0.435 bits per heavy atom. The highest BCUT2D eigenvalue weighted by Gasteiger charge is 2.24. The van der Waals surface area contributed by atoms with Gasteiger partial charge in [0.05, 0.1) is 25.2 Å². The number of esters is 1. The number of aliphatic hydroxyl groups excluding tert-OH is 2.